The highest BCUT2D eigenvalue weighted by Crippen LogP contribution is 2.45. The Hall–Kier alpha value is -6.38. The van der Waals surface area contributed by atoms with Gasteiger partial charge in [0.05, 0.1) is 0 Å². The highest BCUT2D eigenvalue weighted by Gasteiger charge is 2.43. The molecule has 0 saturated carbocycles. The molecule has 0 heterocycles. The van der Waals surface area contributed by atoms with Gasteiger partial charge in [-0.25, -0.2) is 14.4 Å². The second kappa shape index (κ2) is 18.5. The summed E-state index contributed by atoms with van der Waals surface area (Å²) >= 11 is 6.88. The van der Waals surface area contributed by atoms with Crippen molar-refractivity contribution in [1.82, 2.24) is 10.6 Å². The van der Waals surface area contributed by atoms with Gasteiger partial charge in [0.1, 0.15) is 19.3 Å². The van der Waals surface area contributed by atoms with Crippen molar-refractivity contribution in [3.8, 4) is 11.1 Å². The highest BCUT2D eigenvalue weighted by atomic mass is 35.5. The van der Waals surface area contributed by atoms with Gasteiger partial charge in [-0.2, -0.15) is 0 Å². The number of benzene rings is 6. The first-order valence-corrected chi connectivity index (χ1v) is 19.5. The minimum absolute atomic E-state index is 0.0239. The first-order chi connectivity index (χ1) is 27.9. The number of unbranched alkanes of at least 4 members (excludes halogenated alkanes) is 1. The van der Waals surface area contributed by atoms with E-state index in [1.165, 1.54) is 0 Å². The van der Waals surface area contributed by atoms with Crippen molar-refractivity contribution in [3.05, 3.63) is 202 Å². The minimum atomic E-state index is -1.46. The van der Waals surface area contributed by atoms with Crippen LogP contribution in [-0.2, 0) is 31.2 Å². The van der Waals surface area contributed by atoms with Gasteiger partial charge in [0.25, 0.3) is 0 Å². The first-order valence-electron chi connectivity index (χ1n) is 19.1. The molecule has 0 radical (unpaired) electrons. The van der Waals surface area contributed by atoms with Gasteiger partial charge < -0.3 is 24.8 Å². The summed E-state index contributed by atoms with van der Waals surface area (Å²) in [4.78, 5) is 40.6. The third-order valence-corrected chi connectivity index (χ3v) is 10.5. The second-order valence-electron chi connectivity index (χ2n) is 13.8. The van der Waals surface area contributed by atoms with Gasteiger partial charge in [0.15, 0.2) is 5.60 Å². The highest BCUT2D eigenvalue weighted by molar-refractivity contribution is 6.31. The molecule has 57 heavy (non-hydrogen) atoms. The van der Waals surface area contributed by atoms with Gasteiger partial charge in [0, 0.05) is 34.2 Å². The van der Waals surface area contributed by atoms with E-state index in [1.54, 1.807) is 6.07 Å². The summed E-state index contributed by atoms with van der Waals surface area (Å²) in [5.41, 5.74) is 5.85. The topological polar surface area (TPSA) is 103 Å². The molecule has 8 nitrogen and oxygen atoms in total. The zero-order valence-corrected chi connectivity index (χ0v) is 32.1. The van der Waals surface area contributed by atoms with Gasteiger partial charge in [-0.3, -0.25) is 0 Å². The number of carbonyl (C=O) groups is 3. The Kier molecular flexibility index (Phi) is 12.6. The largest absolute Gasteiger partial charge is 0.449 e. The average molecular weight is 779 g/mol. The molecule has 0 saturated heterocycles. The Balaban J connectivity index is 1.04. The summed E-state index contributed by atoms with van der Waals surface area (Å²) in [7, 11) is 0. The van der Waals surface area contributed by atoms with Gasteiger partial charge in [-0.05, 0) is 53.1 Å². The summed E-state index contributed by atoms with van der Waals surface area (Å²) in [5.74, 6) is -0.726. The number of amides is 2. The van der Waals surface area contributed by atoms with Crippen LogP contribution in [0.25, 0.3) is 11.1 Å². The number of fused-ring (bicyclic) bond motifs is 3. The number of hydrogen-bond donors (Lipinski definition) is 2. The van der Waals surface area contributed by atoms with Crippen LogP contribution >= 0.6 is 11.6 Å². The molecule has 0 spiro atoms. The smallest absolute Gasteiger partial charge is 0.408 e. The molecule has 0 unspecified atom stereocenters. The van der Waals surface area contributed by atoms with E-state index in [9.17, 15) is 14.4 Å². The molecule has 1 aliphatic carbocycles. The molecule has 6 aromatic rings. The third kappa shape index (κ3) is 9.03. The Morgan fingerprint density at radius 3 is 1.77 bits per heavy atom. The zero-order chi connectivity index (χ0) is 39.5. The van der Waals surface area contributed by atoms with E-state index >= 15 is 0 Å². The van der Waals surface area contributed by atoms with Crippen LogP contribution in [0, 0.1) is 0 Å². The molecule has 2 N–H and O–H groups in total. The molecule has 1 atom stereocenters. The average Bonchev–Trinajstić information content (AvgIpc) is 3.58. The molecule has 0 bridgehead atoms. The zero-order valence-electron chi connectivity index (χ0n) is 31.3. The summed E-state index contributed by atoms with van der Waals surface area (Å²) in [5, 5.41) is 6.01. The van der Waals surface area contributed by atoms with E-state index in [1.807, 2.05) is 133 Å². The van der Waals surface area contributed by atoms with E-state index in [0.717, 1.165) is 27.8 Å². The van der Waals surface area contributed by atoms with Crippen molar-refractivity contribution < 1.29 is 28.6 Å². The molecule has 1 aliphatic rings. The molecule has 0 fully saturated rings. The maximum atomic E-state index is 14.5. The number of hydrogen-bond acceptors (Lipinski definition) is 6. The van der Waals surface area contributed by atoms with Crippen LogP contribution in [0.3, 0.4) is 0 Å². The third-order valence-electron chi connectivity index (χ3n) is 10.2. The molecule has 288 valence electrons. The minimum Gasteiger partial charge on any atom is -0.449 e. The van der Waals surface area contributed by atoms with Crippen molar-refractivity contribution in [2.75, 3.05) is 13.2 Å². The standard InChI is InChI=1S/C48H43ClN2O6/c49-43-29-15-14-28-42(43)48(35-20-6-2-7-21-35,36-22-8-3-9-23-36)57-45(52)44(51-47(54)55-32-34-18-4-1-5-19-34)30-16-17-31-50-46(53)56-33-41-39-26-12-10-24-37(39)38-25-11-13-27-40(38)41/h1-15,18-29,41,44H,16-17,30-33H2,(H,50,53)(H,51,54)/t44-/m0/s1. The lowest BCUT2D eigenvalue weighted by molar-refractivity contribution is -0.156. The maximum Gasteiger partial charge on any atom is 0.408 e. The van der Waals surface area contributed by atoms with Crippen LogP contribution in [0.15, 0.2) is 164 Å². The molecule has 7 rings (SSSR count). The molecule has 2 amide bonds. The van der Waals surface area contributed by atoms with Gasteiger partial charge in [-0.1, -0.05) is 169 Å². The van der Waals surface area contributed by atoms with Gasteiger partial charge in [-0.15, -0.1) is 0 Å². The number of halogens is 1. The van der Waals surface area contributed by atoms with Crippen LogP contribution in [-0.4, -0.2) is 37.3 Å². The van der Waals surface area contributed by atoms with E-state index in [2.05, 4.69) is 34.9 Å². The normalized spacial score (nSPS) is 12.4. The van der Waals surface area contributed by atoms with Crippen LogP contribution in [0.4, 0.5) is 9.59 Å². The molecule has 0 aromatic heterocycles. The van der Waals surface area contributed by atoms with Crippen molar-refractivity contribution in [3.63, 3.8) is 0 Å². The molecule has 9 heteroatoms. The van der Waals surface area contributed by atoms with Crippen LogP contribution in [0.2, 0.25) is 5.02 Å². The van der Waals surface area contributed by atoms with Gasteiger partial charge in [0.2, 0.25) is 0 Å². The summed E-state index contributed by atoms with van der Waals surface area (Å²) in [6.07, 6.45) is -0.126. The Bertz CT molecular complexity index is 2200. The van der Waals surface area contributed by atoms with E-state index < -0.39 is 29.8 Å². The van der Waals surface area contributed by atoms with E-state index in [0.29, 0.717) is 41.1 Å². The first kappa shape index (κ1) is 38.9. The summed E-state index contributed by atoms with van der Waals surface area (Å²) < 4.78 is 17.9. The van der Waals surface area contributed by atoms with Crippen LogP contribution in [0.5, 0.6) is 0 Å². The van der Waals surface area contributed by atoms with Crippen molar-refractivity contribution in [1.29, 1.82) is 0 Å². The number of nitrogens with one attached hydrogen (secondary N) is 2. The molecule has 6 aromatic carbocycles. The van der Waals surface area contributed by atoms with E-state index in [4.69, 9.17) is 25.8 Å². The monoisotopic (exact) mass is 778 g/mol. The fourth-order valence-electron chi connectivity index (χ4n) is 7.43. The Morgan fingerprint density at radius 2 is 1.16 bits per heavy atom. The lowest BCUT2D eigenvalue weighted by Crippen LogP contribution is -2.46. The van der Waals surface area contributed by atoms with Gasteiger partial charge >= 0.3 is 18.2 Å². The number of esters is 1. The number of carbonyl (C=O) groups excluding carboxylic acids is 3. The SMILES string of the molecule is O=C(NCCCC[C@H](NC(=O)OCc1ccccc1)C(=O)OC(c1ccccc1)(c1ccccc1)c1ccccc1Cl)OCC1c2ccccc2-c2ccccc21. The summed E-state index contributed by atoms with van der Waals surface area (Å²) in [6, 6.07) is 50.6. The lowest BCUT2D eigenvalue weighted by Gasteiger charge is -2.37. The fraction of sp³-hybridized carbons (Fsp3) is 0.188. The van der Waals surface area contributed by atoms with Crippen molar-refractivity contribution in [2.24, 2.45) is 0 Å². The number of ether oxygens (including phenoxy) is 3. The Labute approximate surface area is 337 Å². The Morgan fingerprint density at radius 1 is 0.614 bits per heavy atom. The lowest BCUT2D eigenvalue weighted by atomic mass is 9.80. The molecular weight excluding hydrogens is 736 g/mol. The van der Waals surface area contributed by atoms with Crippen molar-refractivity contribution >= 4 is 29.8 Å². The molecular formula is C48H43ClN2O6. The summed E-state index contributed by atoms with van der Waals surface area (Å²) in [6.45, 7) is 0.531. The van der Waals surface area contributed by atoms with E-state index in [-0.39, 0.29) is 25.6 Å². The predicted octanol–water partition coefficient (Wildman–Crippen LogP) is 10.2. The van der Waals surface area contributed by atoms with Crippen LogP contribution < -0.4 is 10.6 Å². The van der Waals surface area contributed by atoms with Crippen LogP contribution in [0.1, 0.15) is 58.6 Å². The predicted molar refractivity (Wildman–Crippen MR) is 221 cm³/mol. The van der Waals surface area contributed by atoms with Crippen molar-refractivity contribution in [2.45, 2.75) is 43.4 Å². The number of rotatable bonds is 15. The molecule has 0 aliphatic heterocycles. The maximum absolute atomic E-state index is 14.5. The fourth-order valence-corrected chi connectivity index (χ4v) is 7.70. The second-order valence-corrected chi connectivity index (χ2v) is 14.2. The quantitative estimate of drug-likeness (QED) is 0.0466. The number of alkyl carbamates (subject to hydrolysis) is 2.